The van der Waals surface area contributed by atoms with Gasteiger partial charge in [0, 0.05) is 40.1 Å². The molecule has 8 nitrogen and oxygen atoms in total. The Balaban J connectivity index is 1.91. The molecule has 31 heavy (non-hydrogen) atoms. The molecule has 0 saturated heterocycles. The molecule has 0 unspecified atom stereocenters. The van der Waals surface area contributed by atoms with E-state index in [0.29, 0.717) is 11.5 Å². The van der Waals surface area contributed by atoms with Gasteiger partial charge in [0.15, 0.2) is 0 Å². The number of ether oxygens (including phenoxy) is 4. The maximum Gasteiger partial charge on any atom is 0.426 e. The third kappa shape index (κ3) is 7.77. The van der Waals surface area contributed by atoms with Gasteiger partial charge in [0.25, 0.3) is 0 Å². The van der Waals surface area contributed by atoms with Gasteiger partial charge in [-0.1, -0.05) is 24.0 Å². The number of nitrogens with zero attached hydrogens (tertiary/aromatic N) is 2. The highest BCUT2D eigenvalue weighted by Crippen LogP contribution is 2.23. The van der Waals surface area contributed by atoms with Crippen LogP contribution in [0.15, 0.2) is 48.5 Å². The summed E-state index contributed by atoms with van der Waals surface area (Å²) in [7, 11) is 2.91. The van der Waals surface area contributed by atoms with Gasteiger partial charge in [-0.05, 0) is 24.3 Å². The molecular formula is C22H20N2O6S. The number of hydrogen-bond acceptors (Lipinski definition) is 7. The maximum absolute atomic E-state index is 12.3. The minimum absolute atomic E-state index is 0.269. The predicted molar refractivity (Wildman–Crippen MR) is 116 cm³/mol. The van der Waals surface area contributed by atoms with Crippen LogP contribution in [0.1, 0.15) is 13.8 Å². The van der Waals surface area contributed by atoms with Crippen LogP contribution < -0.4 is 18.9 Å². The van der Waals surface area contributed by atoms with Crippen LogP contribution in [0.5, 0.6) is 23.0 Å². The molecule has 0 atom stereocenters. The predicted octanol–water partition coefficient (Wildman–Crippen LogP) is 4.53. The number of hydrogen-bond donors (Lipinski definition) is 0. The average molecular weight is 440 g/mol. The molecule has 2 amide bonds. The smallest absolute Gasteiger partial charge is 0.409 e. The van der Waals surface area contributed by atoms with Crippen LogP contribution in [-0.4, -0.2) is 34.9 Å². The minimum Gasteiger partial charge on any atom is -0.409 e. The Kier molecular flexibility index (Phi) is 8.96. The Hall–Kier alpha value is -3.95. The molecule has 0 radical (unpaired) electrons. The fourth-order valence-electron chi connectivity index (χ4n) is 2.00. The van der Waals surface area contributed by atoms with Gasteiger partial charge in [-0.15, -0.1) is 0 Å². The molecule has 0 saturated carbocycles. The van der Waals surface area contributed by atoms with Crippen LogP contribution in [0.3, 0.4) is 0 Å². The molecule has 0 heterocycles. The second-order valence-electron chi connectivity index (χ2n) is 5.67. The van der Waals surface area contributed by atoms with Crippen LogP contribution in [0.4, 0.5) is 9.59 Å². The van der Waals surface area contributed by atoms with Gasteiger partial charge in [0.05, 0.1) is 12.1 Å². The topological polar surface area (TPSA) is 77.5 Å². The molecule has 0 fully saturated rings. The molecule has 9 heteroatoms. The Morgan fingerprint density at radius 1 is 0.742 bits per heavy atom. The van der Waals surface area contributed by atoms with Crippen molar-refractivity contribution < 1.29 is 28.5 Å². The molecule has 2 aromatic rings. The highest BCUT2D eigenvalue weighted by molar-refractivity contribution is 7.95. The van der Waals surface area contributed by atoms with Crippen molar-refractivity contribution >= 4 is 24.3 Å². The lowest BCUT2D eigenvalue weighted by molar-refractivity contribution is 0.181. The van der Waals surface area contributed by atoms with Gasteiger partial charge in [-0.2, -0.15) is 0 Å². The SMILES string of the molecule is CC#COc1cccc(OC(=O)N(C)SN(C)C(=O)Oc2cccc(OC#CC)c2)c1. The summed E-state index contributed by atoms with van der Waals surface area (Å²) in [5.74, 6) is 6.62. The van der Waals surface area contributed by atoms with Crippen LogP contribution in [-0.2, 0) is 0 Å². The van der Waals surface area contributed by atoms with Crippen molar-refractivity contribution in [2.24, 2.45) is 0 Å². The zero-order valence-corrected chi connectivity index (χ0v) is 18.2. The van der Waals surface area contributed by atoms with E-state index in [0.717, 1.165) is 20.7 Å². The van der Waals surface area contributed by atoms with Crippen LogP contribution >= 0.6 is 12.1 Å². The van der Waals surface area contributed by atoms with Gasteiger partial charge >= 0.3 is 12.2 Å². The first-order valence-corrected chi connectivity index (χ1v) is 9.62. The Morgan fingerprint density at radius 3 is 1.52 bits per heavy atom. The lowest BCUT2D eigenvalue weighted by Crippen LogP contribution is -2.32. The van der Waals surface area contributed by atoms with Crippen molar-refractivity contribution in [2.45, 2.75) is 13.8 Å². The lowest BCUT2D eigenvalue weighted by Gasteiger charge is -2.21. The monoisotopic (exact) mass is 440 g/mol. The van der Waals surface area contributed by atoms with Crippen molar-refractivity contribution in [2.75, 3.05) is 14.1 Å². The molecule has 0 spiro atoms. The summed E-state index contributed by atoms with van der Waals surface area (Å²) in [4.78, 5) is 24.6. The summed E-state index contributed by atoms with van der Waals surface area (Å²) in [6.07, 6.45) is 3.53. The van der Waals surface area contributed by atoms with E-state index >= 15 is 0 Å². The van der Waals surface area contributed by atoms with Crippen molar-refractivity contribution in [1.82, 2.24) is 8.61 Å². The first-order chi connectivity index (χ1) is 14.9. The highest BCUT2D eigenvalue weighted by atomic mass is 32.2. The molecule has 0 aliphatic heterocycles. The quantitative estimate of drug-likeness (QED) is 0.482. The number of carbonyl (C=O) groups is 2. The molecule has 2 rings (SSSR count). The van der Waals surface area contributed by atoms with E-state index in [1.165, 1.54) is 26.2 Å². The van der Waals surface area contributed by atoms with E-state index in [-0.39, 0.29) is 11.5 Å². The Bertz CT molecular complexity index is 967. The number of carbonyl (C=O) groups excluding carboxylic acids is 2. The van der Waals surface area contributed by atoms with Gasteiger partial charge in [0.1, 0.15) is 35.2 Å². The van der Waals surface area contributed by atoms with E-state index in [2.05, 4.69) is 24.1 Å². The average Bonchev–Trinajstić information content (AvgIpc) is 2.76. The zero-order chi connectivity index (χ0) is 22.6. The third-order valence-electron chi connectivity index (χ3n) is 3.32. The summed E-state index contributed by atoms with van der Waals surface area (Å²) in [6.45, 7) is 3.28. The van der Waals surface area contributed by atoms with Gasteiger partial charge < -0.3 is 18.9 Å². The molecular weight excluding hydrogens is 420 g/mol. The van der Waals surface area contributed by atoms with Crippen LogP contribution in [0.25, 0.3) is 0 Å². The van der Waals surface area contributed by atoms with Crippen molar-refractivity contribution in [3.05, 3.63) is 48.5 Å². The summed E-state index contributed by atoms with van der Waals surface area (Å²) < 4.78 is 23.2. The minimum atomic E-state index is -0.697. The van der Waals surface area contributed by atoms with Gasteiger partial charge in [-0.25, -0.2) is 18.2 Å². The lowest BCUT2D eigenvalue weighted by atomic mass is 10.3. The number of amides is 2. The first kappa shape index (κ1) is 23.3. The van der Waals surface area contributed by atoms with Gasteiger partial charge in [-0.3, -0.25) is 0 Å². The molecule has 0 N–H and O–H groups in total. The van der Waals surface area contributed by atoms with Crippen molar-refractivity contribution in [3.8, 4) is 47.1 Å². The zero-order valence-electron chi connectivity index (χ0n) is 17.4. The number of benzene rings is 2. The van der Waals surface area contributed by atoms with E-state index in [1.807, 2.05) is 0 Å². The molecule has 0 aliphatic carbocycles. The second kappa shape index (κ2) is 11.9. The number of rotatable bonds is 6. The van der Waals surface area contributed by atoms with E-state index in [1.54, 1.807) is 50.2 Å². The fraction of sp³-hybridized carbons (Fsp3) is 0.182. The standard InChI is InChI=1S/C22H20N2O6S/c1-5-13-27-17-9-7-11-19(15-17)29-21(25)23(3)31-24(4)22(26)30-20-12-8-10-18(16-20)28-14-6-2/h7-12,15-16H,1-4H3. The van der Waals surface area contributed by atoms with Gasteiger partial charge in [0.2, 0.25) is 0 Å². The molecule has 2 aromatic carbocycles. The summed E-state index contributed by atoms with van der Waals surface area (Å²) in [5.41, 5.74) is 0. The summed E-state index contributed by atoms with van der Waals surface area (Å²) in [5, 5.41) is 0. The third-order valence-corrected chi connectivity index (χ3v) is 4.11. The van der Waals surface area contributed by atoms with E-state index in [9.17, 15) is 9.59 Å². The van der Waals surface area contributed by atoms with E-state index < -0.39 is 12.2 Å². The van der Waals surface area contributed by atoms with Crippen LogP contribution in [0.2, 0.25) is 0 Å². The fourth-order valence-corrected chi connectivity index (χ4v) is 2.58. The largest absolute Gasteiger partial charge is 0.426 e. The van der Waals surface area contributed by atoms with Crippen molar-refractivity contribution in [3.63, 3.8) is 0 Å². The van der Waals surface area contributed by atoms with Crippen molar-refractivity contribution in [1.29, 1.82) is 0 Å². The molecule has 160 valence electrons. The molecule has 0 aliphatic rings. The summed E-state index contributed by atoms with van der Waals surface area (Å²) >= 11 is 0.801. The highest BCUT2D eigenvalue weighted by Gasteiger charge is 2.20. The normalized spacial score (nSPS) is 9.16. The first-order valence-electron chi connectivity index (χ1n) is 8.89. The Morgan fingerprint density at radius 2 is 1.13 bits per heavy atom. The summed E-state index contributed by atoms with van der Waals surface area (Å²) in [6, 6.07) is 12.9. The Labute approximate surface area is 185 Å². The van der Waals surface area contributed by atoms with Crippen LogP contribution in [0, 0.1) is 24.1 Å². The second-order valence-corrected chi connectivity index (χ2v) is 6.93. The molecule has 0 aromatic heterocycles. The molecule has 0 bridgehead atoms. The maximum atomic E-state index is 12.3. The van der Waals surface area contributed by atoms with E-state index in [4.69, 9.17) is 18.9 Å².